The van der Waals surface area contributed by atoms with E-state index in [1.807, 2.05) is 0 Å². The first kappa shape index (κ1) is 96.1. The maximum Gasteiger partial charge on any atom is 0.472 e. The zero-order valence-electron chi connectivity index (χ0n) is 64.4. The predicted octanol–water partition coefficient (Wildman–Crippen LogP) is 23.2. The average molecular weight is 1440 g/mol. The third-order valence-corrected chi connectivity index (χ3v) is 20.9. The molecule has 7 atom stereocenters. The summed E-state index contributed by atoms with van der Waals surface area (Å²) in [6, 6.07) is 0. The number of aliphatic hydroxyl groups is 1. The Morgan fingerprint density at radius 2 is 0.490 bits per heavy atom. The second-order valence-corrected chi connectivity index (χ2v) is 32.8. The fourth-order valence-electron chi connectivity index (χ4n) is 12.0. The maximum absolute atomic E-state index is 13.1. The first-order chi connectivity index (χ1) is 47.2. The molecule has 0 heterocycles. The summed E-state index contributed by atoms with van der Waals surface area (Å²) < 4.78 is 68.6. The first-order valence-corrected chi connectivity index (χ1v) is 43.8. The van der Waals surface area contributed by atoms with Crippen LogP contribution in [0, 0.1) is 23.7 Å². The van der Waals surface area contributed by atoms with Gasteiger partial charge in [-0.15, -0.1) is 0 Å². The van der Waals surface area contributed by atoms with Crippen LogP contribution < -0.4 is 0 Å². The van der Waals surface area contributed by atoms with Crippen LogP contribution in [0.2, 0.25) is 0 Å². The molecular formula is C79H154O17P2. The van der Waals surface area contributed by atoms with E-state index in [-0.39, 0.29) is 25.7 Å². The van der Waals surface area contributed by atoms with Crippen molar-refractivity contribution in [3.63, 3.8) is 0 Å². The van der Waals surface area contributed by atoms with Gasteiger partial charge in [-0.25, -0.2) is 9.13 Å². The van der Waals surface area contributed by atoms with Gasteiger partial charge in [0.25, 0.3) is 0 Å². The number of ether oxygens (including phenoxy) is 4. The summed E-state index contributed by atoms with van der Waals surface area (Å²) in [6.07, 6.45) is 54.1. The highest BCUT2D eigenvalue weighted by Crippen LogP contribution is 2.45. The molecule has 0 amide bonds. The Bertz CT molecular complexity index is 1920. The third kappa shape index (κ3) is 69.8. The minimum absolute atomic E-state index is 0.105. The molecule has 0 bridgehead atoms. The molecule has 17 nitrogen and oxygen atoms in total. The van der Waals surface area contributed by atoms with E-state index in [9.17, 15) is 43.2 Å². The van der Waals surface area contributed by atoms with E-state index in [1.54, 1.807) is 0 Å². The lowest BCUT2D eigenvalue weighted by Gasteiger charge is -2.21. The predicted molar refractivity (Wildman–Crippen MR) is 400 cm³/mol. The summed E-state index contributed by atoms with van der Waals surface area (Å²) >= 11 is 0. The number of carbonyl (C=O) groups excluding carboxylic acids is 4. The molecule has 0 aromatic heterocycles. The number of esters is 4. The molecule has 19 heteroatoms. The molecule has 0 radical (unpaired) electrons. The average Bonchev–Trinajstić information content (AvgIpc) is 1.02. The van der Waals surface area contributed by atoms with Gasteiger partial charge in [0.05, 0.1) is 26.4 Å². The van der Waals surface area contributed by atoms with Gasteiger partial charge in [0.2, 0.25) is 0 Å². The highest BCUT2D eigenvalue weighted by atomic mass is 31.2. The molecule has 0 fully saturated rings. The van der Waals surface area contributed by atoms with Gasteiger partial charge in [0, 0.05) is 25.7 Å². The normalized spacial score (nSPS) is 14.6. The highest BCUT2D eigenvalue weighted by molar-refractivity contribution is 7.47. The van der Waals surface area contributed by atoms with E-state index < -0.39 is 97.5 Å². The van der Waals surface area contributed by atoms with E-state index in [2.05, 4.69) is 55.4 Å². The van der Waals surface area contributed by atoms with Crippen molar-refractivity contribution in [1.82, 2.24) is 0 Å². The Balaban J connectivity index is 5.21. The number of phosphoric acid groups is 2. The summed E-state index contributed by atoms with van der Waals surface area (Å²) in [7, 11) is -9.92. The van der Waals surface area contributed by atoms with E-state index in [0.717, 1.165) is 120 Å². The van der Waals surface area contributed by atoms with Crippen molar-refractivity contribution in [1.29, 1.82) is 0 Å². The Morgan fingerprint density at radius 1 is 0.286 bits per heavy atom. The number of rotatable bonds is 76. The molecule has 582 valence electrons. The lowest BCUT2D eigenvalue weighted by molar-refractivity contribution is -0.161. The molecular weight excluding hydrogens is 1280 g/mol. The minimum atomic E-state index is -4.96. The van der Waals surface area contributed by atoms with Gasteiger partial charge in [-0.2, -0.15) is 0 Å². The molecule has 0 rings (SSSR count). The minimum Gasteiger partial charge on any atom is -0.462 e. The van der Waals surface area contributed by atoms with Crippen LogP contribution in [0.4, 0.5) is 0 Å². The van der Waals surface area contributed by atoms with Crippen molar-refractivity contribution < 1.29 is 80.2 Å². The summed E-state index contributed by atoms with van der Waals surface area (Å²) in [5, 5.41) is 10.6. The molecule has 0 aromatic carbocycles. The van der Waals surface area contributed by atoms with Crippen molar-refractivity contribution in [2.75, 3.05) is 39.6 Å². The zero-order chi connectivity index (χ0) is 72.4. The third-order valence-electron chi connectivity index (χ3n) is 19.0. The van der Waals surface area contributed by atoms with Gasteiger partial charge in [-0.05, 0) is 49.4 Å². The molecule has 98 heavy (non-hydrogen) atoms. The zero-order valence-corrected chi connectivity index (χ0v) is 66.2. The standard InChI is InChI=1S/C79H154O17P2/c1-9-71(7)57-49-41-33-29-30-36-46-54-62-79(84)96-74(65-89-76(81)59-51-43-34-27-23-19-15-11-13-17-21-25-31-39-47-55-69(3)4)67-93-97(85,86)91-63-73(80)64-92-98(87,88)94-68-75(66-90-77(82)60-52-44-38-37-42-50-58-72(8)10-2)95-78(83)61-53-45-35-28-24-20-16-12-14-18-22-26-32-40-48-56-70(5)6/h69-75,80H,9-68H2,1-8H3,(H,85,86)(H,87,88)/t71?,72?,73-,74-,75-/m1/s1. The summed E-state index contributed by atoms with van der Waals surface area (Å²) in [4.78, 5) is 72.9. The molecule has 0 aliphatic rings. The van der Waals surface area contributed by atoms with Gasteiger partial charge in [0.15, 0.2) is 12.2 Å². The van der Waals surface area contributed by atoms with Crippen molar-refractivity contribution >= 4 is 39.5 Å². The van der Waals surface area contributed by atoms with Crippen LogP contribution in [-0.2, 0) is 65.4 Å². The van der Waals surface area contributed by atoms with Crippen LogP contribution in [0.1, 0.15) is 402 Å². The second kappa shape index (κ2) is 68.2. The number of hydrogen-bond donors (Lipinski definition) is 3. The van der Waals surface area contributed by atoms with E-state index >= 15 is 0 Å². The summed E-state index contributed by atoms with van der Waals surface area (Å²) in [6.45, 7) is 14.2. The van der Waals surface area contributed by atoms with E-state index in [0.29, 0.717) is 25.7 Å². The van der Waals surface area contributed by atoms with Crippen LogP contribution in [0.3, 0.4) is 0 Å². The number of hydrogen-bond acceptors (Lipinski definition) is 15. The monoisotopic (exact) mass is 1440 g/mol. The fourth-order valence-corrected chi connectivity index (χ4v) is 13.6. The van der Waals surface area contributed by atoms with Crippen molar-refractivity contribution in [3.8, 4) is 0 Å². The number of carbonyl (C=O) groups is 4. The van der Waals surface area contributed by atoms with Gasteiger partial charge < -0.3 is 33.8 Å². The van der Waals surface area contributed by atoms with Gasteiger partial charge in [0.1, 0.15) is 19.3 Å². The van der Waals surface area contributed by atoms with Crippen molar-refractivity contribution in [3.05, 3.63) is 0 Å². The lowest BCUT2D eigenvalue weighted by atomic mass is 9.99. The van der Waals surface area contributed by atoms with E-state index in [1.165, 1.54) is 199 Å². The quantitative estimate of drug-likeness (QED) is 0.0222. The molecule has 0 aromatic rings. The fraction of sp³-hybridized carbons (Fsp3) is 0.949. The molecule has 0 saturated heterocycles. The SMILES string of the molecule is CCC(C)CCCCCCCCCCC(=O)O[C@H](COC(=O)CCCCCCCCCCCCCCCCCC(C)C)COP(=O)(O)OC[C@@H](O)COP(=O)(O)OC[C@@H](COC(=O)CCCCCCCCC(C)CC)OC(=O)CCCCCCCCCCCCCCCCCC(C)C. The van der Waals surface area contributed by atoms with Crippen molar-refractivity contribution in [2.24, 2.45) is 23.7 Å². The van der Waals surface area contributed by atoms with Crippen LogP contribution in [0.25, 0.3) is 0 Å². The highest BCUT2D eigenvalue weighted by Gasteiger charge is 2.30. The molecule has 3 N–H and O–H groups in total. The van der Waals surface area contributed by atoms with Gasteiger partial charge in [-0.1, -0.05) is 351 Å². The summed E-state index contributed by atoms with van der Waals surface area (Å²) in [5.41, 5.74) is 0. The number of aliphatic hydroxyl groups excluding tert-OH is 1. The van der Waals surface area contributed by atoms with Gasteiger partial charge in [-0.3, -0.25) is 37.3 Å². The number of unbranched alkanes of at least 4 members (excludes halogenated alkanes) is 40. The maximum atomic E-state index is 13.1. The van der Waals surface area contributed by atoms with Crippen molar-refractivity contribution in [2.45, 2.75) is 420 Å². The molecule has 4 unspecified atom stereocenters. The molecule has 0 saturated carbocycles. The molecule has 0 aliphatic heterocycles. The Hall–Kier alpha value is -1.94. The van der Waals surface area contributed by atoms with Gasteiger partial charge >= 0.3 is 39.5 Å². The van der Waals surface area contributed by atoms with Crippen LogP contribution in [0.15, 0.2) is 0 Å². The molecule has 0 spiro atoms. The largest absolute Gasteiger partial charge is 0.472 e. The van der Waals surface area contributed by atoms with E-state index in [4.69, 9.17) is 37.0 Å². The summed E-state index contributed by atoms with van der Waals surface area (Å²) in [5.74, 6) is 0.990. The topological polar surface area (TPSA) is 237 Å². The van der Waals surface area contributed by atoms with Crippen LogP contribution in [0.5, 0.6) is 0 Å². The Kier molecular flexibility index (Phi) is 66.8. The smallest absolute Gasteiger partial charge is 0.462 e. The Morgan fingerprint density at radius 3 is 0.724 bits per heavy atom. The van der Waals surface area contributed by atoms with Crippen LogP contribution >= 0.6 is 15.6 Å². The number of phosphoric ester groups is 2. The first-order valence-electron chi connectivity index (χ1n) is 40.8. The second-order valence-electron chi connectivity index (χ2n) is 29.9. The molecule has 0 aliphatic carbocycles. The Labute approximate surface area is 600 Å². The lowest BCUT2D eigenvalue weighted by Crippen LogP contribution is -2.30. The van der Waals surface area contributed by atoms with Crippen LogP contribution in [-0.4, -0.2) is 96.7 Å².